The van der Waals surface area contributed by atoms with Crippen LogP contribution in [-0.4, -0.2) is 54.0 Å². The van der Waals surface area contributed by atoms with Gasteiger partial charge < -0.3 is 20.1 Å². The van der Waals surface area contributed by atoms with Crippen LogP contribution in [0.1, 0.15) is 58.8 Å². The van der Waals surface area contributed by atoms with Gasteiger partial charge in [-0.3, -0.25) is 0 Å². The molecule has 0 spiro atoms. The zero-order valence-electron chi connectivity index (χ0n) is 14.3. The van der Waals surface area contributed by atoms with Gasteiger partial charge in [-0.25, -0.2) is 4.79 Å². The molecule has 0 aromatic carbocycles. The van der Waals surface area contributed by atoms with E-state index >= 15 is 0 Å². The molecule has 2 rings (SSSR count). The monoisotopic (exact) mass is 312 g/mol. The number of hydrogen-bond acceptors (Lipinski definition) is 3. The van der Waals surface area contributed by atoms with E-state index in [4.69, 9.17) is 4.74 Å². The second-order valence-corrected chi connectivity index (χ2v) is 7.25. The number of nitrogens with zero attached hydrogens (tertiary/aromatic N) is 1. The molecule has 2 fully saturated rings. The fourth-order valence-corrected chi connectivity index (χ4v) is 3.68. The van der Waals surface area contributed by atoms with Gasteiger partial charge in [0.05, 0.1) is 18.3 Å². The number of hydrogen-bond donors (Lipinski definition) is 2. The number of amides is 2. The van der Waals surface area contributed by atoms with Gasteiger partial charge in [-0.2, -0.15) is 0 Å². The molecule has 5 heteroatoms. The number of aliphatic hydroxyl groups excluding tert-OH is 1. The summed E-state index contributed by atoms with van der Waals surface area (Å²) in [6, 6.07) is 0.253. The Morgan fingerprint density at radius 1 is 1.23 bits per heavy atom. The van der Waals surface area contributed by atoms with E-state index in [2.05, 4.69) is 19.2 Å². The maximum Gasteiger partial charge on any atom is 0.317 e. The average Bonchev–Trinajstić information content (AvgIpc) is 2.86. The summed E-state index contributed by atoms with van der Waals surface area (Å²) in [6.07, 6.45) is 7.38. The smallest absolute Gasteiger partial charge is 0.317 e. The zero-order chi connectivity index (χ0) is 16.1. The van der Waals surface area contributed by atoms with Crippen molar-refractivity contribution in [1.29, 1.82) is 0 Å². The van der Waals surface area contributed by atoms with E-state index < -0.39 is 0 Å². The Bertz CT molecular complexity index is 354. The Kier molecular flexibility index (Phi) is 6.50. The van der Waals surface area contributed by atoms with Gasteiger partial charge in [0, 0.05) is 25.6 Å². The van der Waals surface area contributed by atoms with Crippen molar-refractivity contribution in [3.05, 3.63) is 0 Å². The van der Waals surface area contributed by atoms with Crippen LogP contribution < -0.4 is 5.32 Å². The van der Waals surface area contributed by atoms with Crippen molar-refractivity contribution >= 4 is 6.03 Å². The Balaban J connectivity index is 1.68. The maximum absolute atomic E-state index is 12.3. The molecule has 0 aromatic heterocycles. The Morgan fingerprint density at radius 3 is 2.45 bits per heavy atom. The van der Waals surface area contributed by atoms with Gasteiger partial charge in [0.2, 0.25) is 0 Å². The molecular formula is C17H32N2O3. The molecular weight excluding hydrogens is 280 g/mol. The Labute approximate surface area is 134 Å². The highest BCUT2D eigenvalue weighted by atomic mass is 16.5. The minimum absolute atomic E-state index is 0.00710. The summed E-state index contributed by atoms with van der Waals surface area (Å²) in [4.78, 5) is 14.0. The fraction of sp³-hybridized carbons (Fsp3) is 0.941. The number of nitrogens with one attached hydrogen (secondary N) is 1. The molecule has 2 aliphatic carbocycles. The Hall–Kier alpha value is -0.810. The van der Waals surface area contributed by atoms with Crippen LogP contribution >= 0.6 is 0 Å². The van der Waals surface area contributed by atoms with Gasteiger partial charge in [0.15, 0.2) is 0 Å². The van der Waals surface area contributed by atoms with Gasteiger partial charge in [-0.1, -0.05) is 6.42 Å². The predicted octanol–water partition coefficient (Wildman–Crippen LogP) is 2.53. The topological polar surface area (TPSA) is 61.8 Å². The van der Waals surface area contributed by atoms with Crippen molar-refractivity contribution in [2.45, 2.75) is 83.1 Å². The number of carbonyl (C=O) groups is 1. The number of aliphatic hydroxyl groups is 1. The third kappa shape index (κ3) is 5.13. The van der Waals surface area contributed by atoms with Crippen LogP contribution in [0.2, 0.25) is 0 Å². The highest BCUT2D eigenvalue weighted by molar-refractivity contribution is 5.74. The molecule has 5 nitrogen and oxygen atoms in total. The molecule has 2 N–H and O–H groups in total. The minimum atomic E-state index is -0.237. The normalized spacial score (nSPS) is 32.2. The largest absolute Gasteiger partial charge is 0.393 e. The van der Waals surface area contributed by atoms with Crippen LogP contribution in [0.15, 0.2) is 0 Å². The molecule has 2 unspecified atom stereocenters. The first-order chi connectivity index (χ1) is 10.5. The molecule has 128 valence electrons. The summed E-state index contributed by atoms with van der Waals surface area (Å²) in [5.41, 5.74) is 0. The second kappa shape index (κ2) is 8.16. The molecule has 0 saturated heterocycles. The molecule has 0 aromatic rings. The van der Waals surface area contributed by atoms with Gasteiger partial charge in [-0.15, -0.1) is 0 Å². The molecule has 2 aliphatic rings. The van der Waals surface area contributed by atoms with Crippen molar-refractivity contribution in [3.8, 4) is 0 Å². The van der Waals surface area contributed by atoms with E-state index in [9.17, 15) is 9.90 Å². The van der Waals surface area contributed by atoms with E-state index in [0.29, 0.717) is 12.6 Å². The first-order valence-corrected chi connectivity index (χ1v) is 8.81. The number of carbonyl (C=O) groups excluding carboxylic acids is 1. The molecule has 0 aliphatic heterocycles. The number of urea groups is 1. The summed E-state index contributed by atoms with van der Waals surface area (Å²) < 4.78 is 5.84. The van der Waals surface area contributed by atoms with Crippen LogP contribution in [0.4, 0.5) is 4.79 Å². The summed E-state index contributed by atoms with van der Waals surface area (Å²) in [6.45, 7) is 4.79. The quantitative estimate of drug-likeness (QED) is 0.820. The molecule has 2 saturated carbocycles. The summed E-state index contributed by atoms with van der Waals surface area (Å²) >= 11 is 0. The van der Waals surface area contributed by atoms with E-state index in [1.807, 2.05) is 7.05 Å². The summed E-state index contributed by atoms with van der Waals surface area (Å²) in [5.74, 6) is 0.242. The molecule has 22 heavy (non-hydrogen) atoms. The number of rotatable bonds is 5. The second-order valence-electron chi connectivity index (χ2n) is 7.25. The van der Waals surface area contributed by atoms with Crippen LogP contribution in [0.3, 0.4) is 0 Å². The first kappa shape index (κ1) is 17.5. The van der Waals surface area contributed by atoms with Crippen molar-refractivity contribution < 1.29 is 14.6 Å². The molecule has 2 atom stereocenters. The highest BCUT2D eigenvalue weighted by Gasteiger charge is 2.29. The molecule has 0 bridgehead atoms. The number of ether oxygens (including phenoxy) is 1. The first-order valence-electron chi connectivity index (χ1n) is 8.81. The third-order valence-corrected chi connectivity index (χ3v) is 4.94. The lowest BCUT2D eigenvalue weighted by molar-refractivity contribution is -0.0158. The summed E-state index contributed by atoms with van der Waals surface area (Å²) in [5, 5.41) is 13.0. The average molecular weight is 312 g/mol. The van der Waals surface area contributed by atoms with Crippen molar-refractivity contribution in [1.82, 2.24) is 10.2 Å². The van der Waals surface area contributed by atoms with Gasteiger partial charge in [0.25, 0.3) is 0 Å². The third-order valence-electron chi connectivity index (χ3n) is 4.94. The van der Waals surface area contributed by atoms with Gasteiger partial charge in [-0.05, 0) is 52.4 Å². The zero-order valence-corrected chi connectivity index (χ0v) is 14.3. The molecule has 0 radical (unpaired) electrons. The van der Waals surface area contributed by atoms with E-state index in [-0.39, 0.29) is 30.2 Å². The SMILES string of the molecule is CC(C)OC1CCC(NC(=O)N(C)CC2CCCC2O)CC1. The van der Waals surface area contributed by atoms with E-state index in [1.165, 1.54) is 0 Å². The fourth-order valence-electron chi connectivity index (χ4n) is 3.68. The Morgan fingerprint density at radius 2 is 1.91 bits per heavy atom. The summed E-state index contributed by atoms with van der Waals surface area (Å²) in [7, 11) is 1.83. The van der Waals surface area contributed by atoms with E-state index in [1.54, 1.807) is 4.90 Å². The van der Waals surface area contributed by atoms with Gasteiger partial charge >= 0.3 is 6.03 Å². The lowest BCUT2D eigenvalue weighted by Crippen LogP contribution is -2.47. The van der Waals surface area contributed by atoms with Crippen molar-refractivity contribution in [2.24, 2.45) is 5.92 Å². The van der Waals surface area contributed by atoms with Crippen molar-refractivity contribution in [2.75, 3.05) is 13.6 Å². The van der Waals surface area contributed by atoms with Gasteiger partial charge in [0.1, 0.15) is 0 Å². The van der Waals surface area contributed by atoms with Crippen LogP contribution in [0.25, 0.3) is 0 Å². The van der Waals surface area contributed by atoms with Crippen LogP contribution in [0, 0.1) is 5.92 Å². The minimum Gasteiger partial charge on any atom is -0.393 e. The lowest BCUT2D eigenvalue weighted by Gasteiger charge is -2.32. The highest BCUT2D eigenvalue weighted by Crippen LogP contribution is 2.26. The van der Waals surface area contributed by atoms with E-state index in [0.717, 1.165) is 44.9 Å². The molecule has 2 amide bonds. The van der Waals surface area contributed by atoms with Crippen LogP contribution in [-0.2, 0) is 4.74 Å². The van der Waals surface area contributed by atoms with Crippen molar-refractivity contribution in [3.63, 3.8) is 0 Å². The maximum atomic E-state index is 12.3. The van der Waals surface area contributed by atoms with Crippen LogP contribution in [0.5, 0.6) is 0 Å². The standard InChI is InChI=1S/C17H32N2O3/c1-12(2)22-15-9-7-14(8-10-15)18-17(21)19(3)11-13-5-4-6-16(13)20/h12-16,20H,4-11H2,1-3H3,(H,18,21). The lowest BCUT2D eigenvalue weighted by atomic mass is 9.93. The molecule has 0 heterocycles. The predicted molar refractivity (Wildman–Crippen MR) is 86.8 cm³/mol.